The first-order valence-electron chi connectivity index (χ1n) is 5.50. The Labute approximate surface area is 90.1 Å². The van der Waals surface area contributed by atoms with Crippen molar-refractivity contribution in [2.45, 2.75) is 32.8 Å². The molecule has 15 heavy (non-hydrogen) atoms. The van der Waals surface area contributed by atoms with Gasteiger partial charge < -0.3 is 10.1 Å². The summed E-state index contributed by atoms with van der Waals surface area (Å²) >= 11 is 0. The molecule has 1 unspecified atom stereocenters. The zero-order chi connectivity index (χ0) is 10.7. The van der Waals surface area contributed by atoms with E-state index in [2.05, 4.69) is 22.2 Å². The van der Waals surface area contributed by atoms with Gasteiger partial charge in [0.1, 0.15) is 11.9 Å². The lowest BCUT2D eigenvalue weighted by Gasteiger charge is -2.12. The number of hydrogen-bond donors (Lipinski definition) is 1. The minimum absolute atomic E-state index is 0.268. The van der Waals surface area contributed by atoms with Gasteiger partial charge in [-0.2, -0.15) is 4.98 Å². The third-order valence-electron chi connectivity index (χ3n) is 2.53. The summed E-state index contributed by atoms with van der Waals surface area (Å²) in [4.78, 5) is 8.60. The Hall–Kier alpha value is -1.16. The van der Waals surface area contributed by atoms with Crippen molar-refractivity contribution in [1.29, 1.82) is 0 Å². The molecule has 4 heteroatoms. The maximum atomic E-state index is 5.78. The number of rotatable bonds is 3. The predicted octanol–water partition coefficient (Wildman–Crippen LogP) is 1.09. The molecule has 0 saturated carbocycles. The van der Waals surface area contributed by atoms with Crippen LogP contribution in [0.5, 0.6) is 5.88 Å². The predicted molar refractivity (Wildman–Crippen MR) is 58.0 cm³/mol. The van der Waals surface area contributed by atoms with Gasteiger partial charge in [-0.15, -0.1) is 0 Å². The SMILES string of the molecule is CCc1cc(OC2CCNC2)nc(C)n1. The molecule has 4 nitrogen and oxygen atoms in total. The largest absolute Gasteiger partial charge is 0.473 e. The molecule has 1 aromatic heterocycles. The number of nitrogens with zero attached hydrogens (tertiary/aromatic N) is 2. The molecule has 1 aromatic rings. The van der Waals surface area contributed by atoms with Crippen molar-refractivity contribution >= 4 is 0 Å². The molecular formula is C11H17N3O. The van der Waals surface area contributed by atoms with Crippen molar-refractivity contribution in [3.63, 3.8) is 0 Å². The first-order valence-corrected chi connectivity index (χ1v) is 5.50. The summed E-state index contributed by atoms with van der Waals surface area (Å²) in [6, 6.07) is 1.94. The van der Waals surface area contributed by atoms with E-state index in [1.165, 1.54) is 0 Å². The maximum absolute atomic E-state index is 5.78. The summed E-state index contributed by atoms with van der Waals surface area (Å²) in [5, 5.41) is 3.27. The van der Waals surface area contributed by atoms with Gasteiger partial charge in [0.2, 0.25) is 5.88 Å². The van der Waals surface area contributed by atoms with Crippen LogP contribution >= 0.6 is 0 Å². The van der Waals surface area contributed by atoms with Crippen molar-refractivity contribution < 1.29 is 4.74 Å². The molecule has 1 N–H and O–H groups in total. The van der Waals surface area contributed by atoms with E-state index in [1.807, 2.05) is 13.0 Å². The van der Waals surface area contributed by atoms with E-state index >= 15 is 0 Å². The van der Waals surface area contributed by atoms with Crippen LogP contribution in [0.3, 0.4) is 0 Å². The van der Waals surface area contributed by atoms with Gasteiger partial charge in [-0.1, -0.05) is 6.92 Å². The molecule has 82 valence electrons. The van der Waals surface area contributed by atoms with Crippen LogP contribution in [0.2, 0.25) is 0 Å². The van der Waals surface area contributed by atoms with Crippen LogP contribution in [-0.2, 0) is 6.42 Å². The second-order valence-electron chi connectivity index (χ2n) is 3.83. The van der Waals surface area contributed by atoms with Crippen molar-refractivity contribution in [1.82, 2.24) is 15.3 Å². The van der Waals surface area contributed by atoms with Crippen LogP contribution < -0.4 is 10.1 Å². The highest BCUT2D eigenvalue weighted by Crippen LogP contribution is 2.14. The molecule has 1 aliphatic rings. The lowest BCUT2D eigenvalue weighted by molar-refractivity contribution is 0.213. The molecule has 0 spiro atoms. The third-order valence-corrected chi connectivity index (χ3v) is 2.53. The summed E-state index contributed by atoms with van der Waals surface area (Å²) in [6.07, 6.45) is 2.25. The Kier molecular flexibility index (Phi) is 3.16. The fourth-order valence-electron chi connectivity index (χ4n) is 1.74. The highest BCUT2D eigenvalue weighted by atomic mass is 16.5. The highest BCUT2D eigenvalue weighted by Gasteiger charge is 2.16. The average molecular weight is 207 g/mol. The van der Waals surface area contributed by atoms with Gasteiger partial charge in [-0.25, -0.2) is 4.98 Å². The Morgan fingerprint density at radius 1 is 1.53 bits per heavy atom. The number of hydrogen-bond acceptors (Lipinski definition) is 4. The van der Waals surface area contributed by atoms with Crippen molar-refractivity contribution in [3.05, 3.63) is 17.6 Å². The Balaban J connectivity index is 2.09. The Bertz CT molecular complexity index is 335. The normalized spacial score (nSPS) is 20.5. The molecule has 2 heterocycles. The van der Waals surface area contributed by atoms with Crippen molar-refractivity contribution in [2.75, 3.05) is 13.1 Å². The number of aromatic nitrogens is 2. The molecular weight excluding hydrogens is 190 g/mol. The summed E-state index contributed by atoms with van der Waals surface area (Å²) < 4.78 is 5.78. The van der Waals surface area contributed by atoms with Crippen LogP contribution in [0, 0.1) is 6.92 Å². The fraction of sp³-hybridized carbons (Fsp3) is 0.636. The van der Waals surface area contributed by atoms with Gasteiger partial charge in [0.25, 0.3) is 0 Å². The monoisotopic (exact) mass is 207 g/mol. The fourth-order valence-corrected chi connectivity index (χ4v) is 1.74. The van der Waals surface area contributed by atoms with E-state index in [0.717, 1.165) is 37.4 Å². The smallest absolute Gasteiger partial charge is 0.217 e. The topological polar surface area (TPSA) is 47.0 Å². The highest BCUT2D eigenvalue weighted by molar-refractivity contribution is 5.16. The number of ether oxygens (including phenoxy) is 1. The Morgan fingerprint density at radius 2 is 2.40 bits per heavy atom. The van der Waals surface area contributed by atoms with Gasteiger partial charge in [-0.05, 0) is 26.3 Å². The molecule has 0 bridgehead atoms. The summed E-state index contributed by atoms with van der Waals surface area (Å²) in [5.74, 6) is 1.50. The quantitative estimate of drug-likeness (QED) is 0.806. The van der Waals surface area contributed by atoms with Crippen molar-refractivity contribution in [3.8, 4) is 5.88 Å². The minimum Gasteiger partial charge on any atom is -0.473 e. The van der Waals surface area contributed by atoms with Gasteiger partial charge in [0.15, 0.2) is 0 Å². The van der Waals surface area contributed by atoms with E-state index < -0.39 is 0 Å². The number of aryl methyl sites for hydroxylation is 2. The molecule has 0 amide bonds. The van der Waals surface area contributed by atoms with Crippen LogP contribution in [0.4, 0.5) is 0 Å². The Morgan fingerprint density at radius 3 is 3.07 bits per heavy atom. The first-order chi connectivity index (χ1) is 7.28. The van der Waals surface area contributed by atoms with Crippen LogP contribution in [0.15, 0.2) is 6.07 Å². The lowest BCUT2D eigenvalue weighted by Crippen LogP contribution is -2.20. The van der Waals surface area contributed by atoms with Crippen LogP contribution in [0.1, 0.15) is 24.9 Å². The van der Waals surface area contributed by atoms with E-state index in [0.29, 0.717) is 5.88 Å². The summed E-state index contributed by atoms with van der Waals surface area (Å²) in [6.45, 7) is 5.95. The van der Waals surface area contributed by atoms with Gasteiger partial charge in [0, 0.05) is 18.3 Å². The van der Waals surface area contributed by atoms with E-state index in [4.69, 9.17) is 4.74 Å². The van der Waals surface area contributed by atoms with Gasteiger partial charge in [0.05, 0.1) is 0 Å². The molecule has 1 saturated heterocycles. The molecule has 0 radical (unpaired) electrons. The average Bonchev–Trinajstić information content (AvgIpc) is 2.69. The zero-order valence-corrected chi connectivity index (χ0v) is 9.29. The minimum atomic E-state index is 0.268. The van der Waals surface area contributed by atoms with Crippen LogP contribution in [0.25, 0.3) is 0 Å². The molecule has 1 aliphatic heterocycles. The molecule has 0 aliphatic carbocycles. The zero-order valence-electron chi connectivity index (χ0n) is 9.29. The molecule has 1 atom stereocenters. The van der Waals surface area contributed by atoms with E-state index in [1.54, 1.807) is 0 Å². The first kappa shape index (κ1) is 10.4. The second-order valence-corrected chi connectivity index (χ2v) is 3.83. The van der Waals surface area contributed by atoms with Crippen LogP contribution in [-0.4, -0.2) is 29.2 Å². The second kappa shape index (κ2) is 4.57. The van der Waals surface area contributed by atoms with Gasteiger partial charge in [-0.3, -0.25) is 0 Å². The maximum Gasteiger partial charge on any atom is 0.217 e. The van der Waals surface area contributed by atoms with Gasteiger partial charge >= 0.3 is 0 Å². The number of nitrogens with one attached hydrogen (secondary N) is 1. The summed E-state index contributed by atoms with van der Waals surface area (Å²) in [7, 11) is 0. The lowest BCUT2D eigenvalue weighted by atomic mass is 10.3. The third kappa shape index (κ3) is 2.65. The molecule has 2 rings (SSSR count). The van der Waals surface area contributed by atoms with Crippen molar-refractivity contribution in [2.24, 2.45) is 0 Å². The van der Waals surface area contributed by atoms with E-state index in [-0.39, 0.29) is 6.10 Å². The standard InChI is InChI=1S/C11H17N3O/c1-3-9-6-11(14-8(2)13-9)15-10-4-5-12-7-10/h6,10,12H,3-5,7H2,1-2H3. The van der Waals surface area contributed by atoms with E-state index in [9.17, 15) is 0 Å². The molecule has 0 aromatic carbocycles. The molecule has 1 fully saturated rings. The summed E-state index contributed by atoms with van der Waals surface area (Å²) in [5.41, 5.74) is 1.04.